The summed E-state index contributed by atoms with van der Waals surface area (Å²) in [5.74, 6) is -0.411. The van der Waals surface area contributed by atoms with Crippen molar-refractivity contribution in [1.82, 2.24) is 4.57 Å². The Balaban J connectivity index is 2.80. The third-order valence-electron chi connectivity index (χ3n) is 3.39. The lowest BCUT2D eigenvalue weighted by atomic mass is 9.98. The second-order valence-corrected chi connectivity index (χ2v) is 5.18. The van der Waals surface area contributed by atoms with E-state index in [2.05, 4.69) is 32.9 Å². The molecule has 0 fully saturated rings. The van der Waals surface area contributed by atoms with Crippen LogP contribution in [0.15, 0.2) is 18.3 Å². The van der Waals surface area contributed by atoms with Crippen LogP contribution in [0, 0.1) is 13.8 Å². The molecule has 1 heterocycles. The van der Waals surface area contributed by atoms with Crippen LogP contribution >= 0.6 is 0 Å². The van der Waals surface area contributed by atoms with Gasteiger partial charge in [0.2, 0.25) is 0 Å². The van der Waals surface area contributed by atoms with E-state index in [1.807, 2.05) is 17.7 Å². The smallest absolute Gasteiger partial charge is 0.323 e. The summed E-state index contributed by atoms with van der Waals surface area (Å²) < 4.78 is 1.86. The van der Waals surface area contributed by atoms with Gasteiger partial charge in [-0.15, -0.1) is 0 Å². The summed E-state index contributed by atoms with van der Waals surface area (Å²) in [6, 6.07) is 4.16. The molecule has 96 valence electrons. The molecular weight excluding hydrogens is 226 g/mol. The van der Waals surface area contributed by atoms with Gasteiger partial charge in [-0.05, 0) is 36.5 Å². The lowest BCUT2D eigenvalue weighted by Crippen LogP contribution is -2.08. The van der Waals surface area contributed by atoms with Crippen LogP contribution < -0.4 is 0 Å². The Labute approximate surface area is 107 Å². The third kappa shape index (κ3) is 2.01. The average molecular weight is 245 g/mol. The summed E-state index contributed by atoms with van der Waals surface area (Å²) in [5.41, 5.74) is 4.63. The first-order chi connectivity index (χ1) is 8.41. The van der Waals surface area contributed by atoms with Crippen molar-refractivity contribution in [1.29, 1.82) is 0 Å². The van der Waals surface area contributed by atoms with E-state index in [9.17, 15) is 4.79 Å². The van der Waals surface area contributed by atoms with Crippen LogP contribution in [0.1, 0.15) is 36.5 Å². The minimum Gasteiger partial charge on any atom is -0.480 e. The number of hydrogen-bond acceptors (Lipinski definition) is 1. The van der Waals surface area contributed by atoms with Crippen LogP contribution in [0.4, 0.5) is 0 Å². The van der Waals surface area contributed by atoms with Crippen molar-refractivity contribution in [2.24, 2.45) is 0 Å². The van der Waals surface area contributed by atoms with Gasteiger partial charge in [-0.3, -0.25) is 4.79 Å². The van der Waals surface area contributed by atoms with Crippen molar-refractivity contribution < 1.29 is 9.90 Å². The van der Waals surface area contributed by atoms with Crippen molar-refractivity contribution in [3.8, 4) is 0 Å². The number of rotatable bonds is 3. The van der Waals surface area contributed by atoms with Gasteiger partial charge in [0.15, 0.2) is 0 Å². The number of benzene rings is 1. The normalized spacial score (nSPS) is 11.4. The summed E-state index contributed by atoms with van der Waals surface area (Å²) in [7, 11) is 0. The number of carbonyl (C=O) groups is 1. The molecule has 0 aliphatic heterocycles. The first-order valence-electron chi connectivity index (χ1n) is 6.22. The average Bonchev–Trinajstić information content (AvgIpc) is 2.63. The first-order valence-corrected chi connectivity index (χ1v) is 6.22. The highest BCUT2D eigenvalue weighted by Crippen LogP contribution is 2.32. The molecule has 0 amide bonds. The number of fused-ring (bicyclic) bond motifs is 1. The molecule has 0 saturated heterocycles. The predicted molar refractivity (Wildman–Crippen MR) is 73.1 cm³/mol. The molecule has 3 heteroatoms. The molecule has 2 rings (SSSR count). The fraction of sp³-hybridized carbons (Fsp3) is 0.400. The van der Waals surface area contributed by atoms with E-state index in [0.29, 0.717) is 5.92 Å². The summed E-state index contributed by atoms with van der Waals surface area (Å²) >= 11 is 0. The van der Waals surface area contributed by atoms with Crippen molar-refractivity contribution in [3.63, 3.8) is 0 Å². The molecule has 3 nitrogen and oxygen atoms in total. The number of aryl methyl sites for hydroxylation is 2. The monoisotopic (exact) mass is 245 g/mol. The van der Waals surface area contributed by atoms with E-state index in [1.54, 1.807) is 0 Å². The van der Waals surface area contributed by atoms with E-state index in [4.69, 9.17) is 5.11 Å². The topological polar surface area (TPSA) is 42.2 Å². The third-order valence-corrected chi connectivity index (χ3v) is 3.39. The number of carboxylic acids is 1. The molecule has 1 aromatic heterocycles. The maximum Gasteiger partial charge on any atom is 0.323 e. The van der Waals surface area contributed by atoms with Crippen molar-refractivity contribution in [3.05, 3.63) is 35.0 Å². The summed E-state index contributed by atoms with van der Waals surface area (Å²) in [5, 5.41) is 10.2. The summed E-state index contributed by atoms with van der Waals surface area (Å²) in [4.78, 5) is 11.0. The standard InChI is InChI=1S/C15H19NO2/c1-9(2)12-7-16(8-13(17)18)15-11(4)6-5-10(3)14(12)15/h5-7,9H,8H2,1-4H3,(H,17,18). The van der Waals surface area contributed by atoms with Crippen molar-refractivity contribution in [2.45, 2.75) is 40.2 Å². The SMILES string of the molecule is Cc1ccc(C)c2c1c(C(C)C)cn2CC(=O)O. The minimum absolute atomic E-state index is 0.0213. The Kier molecular flexibility index (Phi) is 3.16. The second kappa shape index (κ2) is 4.48. The second-order valence-electron chi connectivity index (χ2n) is 5.18. The van der Waals surface area contributed by atoms with Crippen molar-refractivity contribution in [2.75, 3.05) is 0 Å². The Hall–Kier alpha value is -1.77. The maximum atomic E-state index is 11.0. The van der Waals surface area contributed by atoms with Crippen LogP contribution in [0.5, 0.6) is 0 Å². The van der Waals surface area contributed by atoms with Crippen LogP contribution in [-0.2, 0) is 11.3 Å². The highest BCUT2D eigenvalue weighted by atomic mass is 16.4. The van der Waals surface area contributed by atoms with E-state index in [-0.39, 0.29) is 6.54 Å². The molecule has 0 spiro atoms. The molecule has 0 aliphatic carbocycles. The zero-order valence-corrected chi connectivity index (χ0v) is 11.3. The minimum atomic E-state index is -0.803. The number of nitrogens with zero attached hydrogens (tertiary/aromatic N) is 1. The zero-order valence-electron chi connectivity index (χ0n) is 11.3. The van der Waals surface area contributed by atoms with Crippen molar-refractivity contribution >= 4 is 16.9 Å². The van der Waals surface area contributed by atoms with Gasteiger partial charge in [-0.25, -0.2) is 0 Å². The van der Waals surface area contributed by atoms with Gasteiger partial charge in [0.05, 0.1) is 5.52 Å². The fourth-order valence-electron chi connectivity index (χ4n) is 2.54. The number of aliphatic carboxylic acids is 1. The van der Waals surface area contributed by atoms with Gasteiger partial charge in [0.1, 0.15) is 6.54 Å². The molecule has 0 atom stereocenters. The van der Waals surface area contributed by atoms with Gasteiger partial charge in [-0.1, -0.05) is 26.0 Å². The lowest BCUT2D eigenvalue weighted by molar-refractivity contribution is -0.137. The lowest BCUT2D eigenvalue weighted by Gasteiger charge is -2.07. The largest absolute Gasteiger partial charge is 0.480 e. The van der Waals surface area contributed by atoms with E-state index >= 15 is 0 Å². The summed E-state index contributed by atoms with van der Waals surface area (Å²) in [6.07, 6.45) is 1.99. The number of aromatic nitrogens is 1. The Bertz CT molecular complexity index is 608. The van der Waals surface area contributed by atoms with Gasteiger partial charge in [-0.2, -0.15) is 0 Å². The predicted octanol–water partition coefficient (Wildman–Crippen LogP) is 3.47. The molecule has 0 saturated carbocycles. The molecule has 0 aliphatic rings. The van der Waals surface area contributed by atoms with Gasteiger partial charge in [0.25, 0.3) is 0 Å². The number of hydrogen-bond donors (Lipinski definition) is 1. The van der Waals surface area contributed by atoms with E-state index in [0.717, 1.165) is 11.1 Å². The summed E-state index contributed by atoms with van der Waals surface area (Å²) in [6.45, 7) is 8.42. The fourth-order valence-corrected chi connectivity index (χ4v) is 2.54. The Morgan fingerprint density at radius 1 is 1.28 bits per heavy atom. The molecule has 2 aromatic rings. The first kappa shape index (κ1) is 12.7. The van der Waals surface area contributed by atoms with Gasteiger partial charge in [0, 0.05) is 11.6 Å². The van der Waals surface area contributed by atoms with E-state index in [1.165, 1.54) is 16.5 Å². The zero-order chi connectivity index (χ0) is 13.4. The maximum absolute atomic E-state index is 11.0. The highest BCUT2D eigenvalue weighted by Gasteiger charge is 2.16. The molecule has 1 aromatic carbocycles. The molecule has 0 radical (unpaired) electrons. The van der Waals surface area contributed by atoms with Crippen LogP contribution in [0.3, 0.4) is 0 Å². The Morgan fingerprint density at radius 2 is 1.89 bits per heavy atom. The number of carboxylic acid groups (broad SMARTS) is 1. The molecule has 0 unspecified atom stereocenters. The van der Waals surface area contributed by atoms with Crippen LogP contribution in [0.25, 0.3) is 10.9 Å². The van der Waals surface area contributed by atoms with Gasteiger partial charge >= 0.3 is 5.97 Å². The van der Waals surface area contributed by atoms with Crippen LogP contribution in [-0.4, -0.2) is 15.6 Å². The molecule has 18 heavy (non-hydrogen) atoms. The Morgan fingerprint density at radius 3 is 2.44 bits per heavy atom. The molecule has 0 bridgehead atoms. The molecular formula is C15H19NO2. The van der Waals surface area contributed by atoms with Gasteiger partial charge < -0.3 is 9.67 Å². The molecule has 1 N–H and O–H groups in total. The van der Waals surface area contributed by atoms with E-state index < -0.39 is 5.97 Å². The highest BCUT2D eigenvalue weighted by molar-refractivity contribution is 5.91. The van der Waals surface area contributed by atoms with Crippen LogP contribution in [0.2, 0.25) is 0 Å². The quantitative estimate of drug-likeness (QED) is 0.899.